The van der Waals surface area contributed by atoms with E-state index >= 15 is 0 Å². The van der Waals surface area contributed by atoms with Crippen LogP contribution >= 0.6 is 0 Å². The Hall–Kier alpha value is -2.16. The van der Waals surface area contributed by atoms with Gasteiger partial charge in [-0.15, -0.1) is 0 Å². The number of carbonyl (C=O) groups is 1. The van der Waals surface area contributed by atoms with Gasteiger partial charge in [-0.05, 0) is 43.2 Å². The van der Waals surface area contributed by atoms with Crippen LogP contribution in [0.5, 0.6) is 0 Å². The lowest BCUT2D eigenvalue weighted by Crippen LogP contribution is -2.15. The molecule has 3 heteroatoms. The lowest BCUT2D eigenvalue weighted by atomic mass is 10.1. The van der Waals surface area contributed by atoms with E-state index in [2.05, 4.69) is 5.32 Å². The molecule has 98 valence electrons. The van der Waals surface area contributed by atoms with Crippen LogP contribution in [0, 0.1) is 19.7 Å². The van der Waals surface area contributed by atoms with Gasteiger partial charge in [0.1, 0.15) is 5.82 Å². The van der Waals surface area contributed by atoms with Crippen LogP contribution in [0.3, 0.4) is 0 Å². The molecule has 0 saturated heterocycles. The number of hydrogen-bond acceptors (Lipinski definition) is 1. The molecule has 0 fully saturated rings. The molecule has 0 atom stereocenters. The van der Waals surface area contributed by atoms with Crippen LogP contribution in [0.2, 0.25) is 0 Å². The Labute approximate surface area is 112 Å². The van der Waals surface area contributed by atoms with Crippen molar-refractivity contribution in [3.8, 4) is 0 Å². The first kappa shape index (κ1) is 13.3. The number of amides is 1. The zero-order chi connectivity index (χ0) is 13.8. The van der Waals surface area contributed by atoms with Gasteiger partial charge in [0.15, 0.2) is 0 Å². The third kappa shape index (κ3) is 3.65. The second-order valence-electron chi connectivity index (χ2n) is 4.67. The smallest absolute Gasteiger partial charge is 0.228 e. The van der Waals surface area contributed by atoms with Gasteiger partial charge in [-0.1, -0.05) is 29.8 Å². The van der Waals surface area contributed by atoms with Crippen LogP contribution in [0.25, 0.3) is 0 Å². The monoisotopic (exact) mass is 257 g/mol. The molecule has 0 aliphatic rings. The Morgan fingerprint density at radius 2 is 1.79 bits per heavy atom. The summed E-state index contributed by atoms with van der Waals surface area (Å²) in [6.07, 6.45) is 0.317. The van der Waals surface area contributed by atoms with Gasteiger partial charge in [0.25, 0.3) is 0 Å². The highest BCUT2D eigenvalue weighted by atomic mass is 19.1. The van der Waals surface area contributed by atoms with Gasteiger partial charge in [-0.25, -0.2) is 4.39 Å². The maximum atomic E-state index is 13.0. The molecule has 1 amide bonds. The van der Waals surface area contributed by atoms with E-state index in [4.69, 9.17) is 0 Å². The summed E-state index contributed by atoms with van der Waals surface area (Å²) in [6, 6.07) is 12.2. The molecule has 0 aromatic heterocycles. The summed E-state index contributed by atoms with van der Waals surface area (Å²) >= 11 is 0. The third-order valence-corrected chi connectivity index (χ3v) is 2.95. The van der Waals surface area contributed by atoms with E-state index in [0.29, 0.717) is 12.1 Å². The fraction of sp³-hybridized carbons (Fsp3) is 0.188. The minimum atomic E-state index is -0.297. The number of halogens is 1. The number of anilines is 1. The van der Waals surface area contributed by atoms with Gasteiger partial charge >= 0.3 is 0 Å². The van der Waals surface area contributed by atoms with Gasteiger partial charge in [-0.3, -0.25) is 4.79 Å². The van der Waals surface area contributed by atoms with E-state index in [1.807, 2.05) is 31.2 Å². The minimum Gasteiger partial charge on any atom is -0.326 e. The Morgan fingerprint density at radius 3 is 2.42 bits per heavy atom. The van der Waals surface area contributed by atoms with E-state index in [0.717, 1.165) is 11.1 Å². The van der Waals surface area contributed by atoms with Crippen molar-refractivity contribution < 1.29 is 9.18 Å². The number of aryl methyl sites for hydroxylation is 2. The standard InChI is InChI=1S/C16H16FNO/c1-11-3-5-13(6-4-11)10-16(19)18-15-8-7-14(17)9-12(15)2/h3-9H,10H2,1-2H3,(H,18,19). The summed E-state index contributed by atoms with van der Waals surface area (Å²) in [5, 5.41) is 2.79. The molecule has 0 aliphatic heterocycles. The van der Waals surface area contributed by atoms with Crippen LogP contribution in [-0.2, 0) is 11.2 Å². The van der Waals surface area contributed by atoms with Gasteiger partial charge in [0.2, 0.25) is 5.91 Å². The molecular formula is C16H16FNO. The highest BCUT2D eigenvalue weighted by Gasteiger charge is 2.06. The van der Waals surface area contributed by atoms with Crippen molar-refractivity contribution in [1.82, 2.24) is 0 Å². The van der Waals surface area contributed by atoms with Gasteiger partial charge in [-0.2, -0.15) is 0 Å². The first-order chi connectivity index (χ1) is 9.04. The van der Waals surface area contributed by atoms with E-state index in [1.165, 1.54) is 17.7 Å². The maximum Gasteiger partial charge on any atom is 0.228 e. The third-order valence-electron chi connectivity index (χ3n) is 2.95. The van der Waals surface area contributed by atoms with Crippen LogP contribution in [-0.4, -0.2) is 5.91 Å². The summed E-state index contributed by atoms with van der Waals surface area (Å²) in [5.74, 6) is -0.396. The largest absolute Gasteiger partial charge is 0.326 e. The zero-order valence-corrected chi connectivity index (χ0v) is 11.0. The predicted octanol–water partition coefficient (Wildman–Crippen LogP) is 3.62. The molecular weight excluding hydrogens is 241 g/mol. The van der Waals surface area contributed by atoms with Crippen LogP contribution in [0.1, 0.15) is 16.7 Å². The Bertz CT molecular complexity index is 590. The van der Waals surface area contributed by atoms with Gasteiger partial charge in [0, 0.05) is 5.69 Å². The number of hydrogen-bond donors (Lipinski definition) is 1. The Kier molecular flexibility index (Phi) is 3.95. The number of rotatable bonds is 3. The molecule has 1 N–H and O–H groups in total. The molecule has 2 aromatic rings. The van der Waals surface area contributed by atoms with Crippen LogP contribution in [0.4, 0.5) is 10.1 Å². The van der Waals surface area contributed by atoms with E-state index in [1.54, 1.807) is 13.0 Å². The van der Waals surface area contributed by atoms with Crippen molar-refractivity contribution in [1.29, 1.82) is 0 Å². The summed E-state index contributed by atoms with van der Waals surface area (Å²) in [6.45, 7) is 3.77. The van der Waals surface area contributed by atoms with Crippen molar-refractivity contribution in [2.45, 2.75) is 20.3 Å². The highest BCUT2D eigenvalue weighted by Crippen LogP contribution is 2.16. The number of carbonyl (C=O) groups excluding carboxylic acids is 1. The van der Waals surface area contributed by atoms with E-state index < -0.39 is 0 Å². The molecule has 2 rings (SSSR count). The van der Waals surface area contributed by atoms with Crippen molar-refractivity contribution in [2.24, 2.45) is 0 Å². The van der Waals surface area contributed by atoms with Crippen LogP contribution in [0.15, 0.2) is 42.5 Å². The molecule has 0 radical (unpaired) electrons. The summed E-state index contributed by atoms with van der Waals surface area (Å²) in [4.78, 5) is 11.9. The lowest BCUT2D eigenvalue weighted by Gasteiger charge is -2.08. The SMILES string of the molecule is Cc1ccc(CC(=O)Nc2ccc(F)cc2C)cc1. The quantitative estimate of drug-likeness (QED) is 0.894. The maximum absolute atomic E-state index is 13.0. The average molecular weight is 257 g/mol. The molecule has 2 aromatic carbocycles. The highest BCUT2D eigenvalue weighted by molar-refractivity contribution is 5.92. The Morgan fingerprint density at radius 1 is 1.11 bits per heavy atom. The molecule has 2 nitrogen and oxygen atoms in total. The van der Waals surface area contributed by atoms with Crippen molar-refractivity contribution in [2.75, 3.05) is 5.32 Å². The van der Waals surface area contributed by atoms with E-state index in [9.17, 15) is 9.18 Å². The first-order valence-electron chi connectivity index (χ1n) is 6.16. The summed E-state index contributed by atoms with van der Waals surface area (Å²) in [7, 11) is 0. The first-order valence-corrected chi connectivity index (χ1v) is 6.16. The second kappa shape index (κ2) is 5.65. The predicted molar refractivity (Wildman–Crippen MR) is 74.6 cm³/mol. The topological polar surface area (TPSA) is 29.1 Å². The normalized spacial score (nSPS) is 10.3. The van der Waals surface area contributed by atoms with Crippen molar-refractivity contribution in [3.05, 3.63) is 65.0 Å². The number of benzene rings is 2. The molecule has 0 unspecified atom stereocenters. The molecule has 0 spiro atoms. The summed E-state index contributed by atoms with van der Waals surface area (Å²) in [5.41, 5.74) is 3.50. The van der Waals surface area contributed by atoms with Gasteiger partial charge in [0.05, 0.1) is 6.42 Å². The minimum absolute atomic E-state index is 0.0986. The lowest BCUT2D eigenvalue weighted by molar-refractivity contribution is -0.115. The van der Waals surface area contributed by atoms with Crippen LogP contribution < -0.4 is 5.32 Å². The van der Waals surface area contributed by atoms with E-state index in [-0.39, 0.29) is 11.7 Å². The second-order valence-corrected chi connectivity index (χ2v) is 4.67. The Balaban J connectivity index is 2.03. The van der Waals surface area contributed by atoms with Gasteiger partial charge < -0.3 is 5.32 Å². The summed E-state index contributed by atoms with van der Waals surface area (Å²) < 4.78 is 13.0. The van der Waals surface area contributed by atoms with Crippen molar-refractivity contribution in [3.63, 3.8) is 0 Å². The molecule has 0 bridgehead atoms. The number of nitrogens with one attached hydrogen (secondary N) is 1. The van der Waals surface area contributed by atoms with Crippen molar-refractivity contribution >= 4 is 11.6 Å². The molecule has 0 heterocycles. The fourth-order valence-electron chi connectivity index (χ4n) is 1.85. The zero-order valence-electron chi connectivity index (χ0n) is 11.0. The molecule has 19 heavy (non-hydrogen) atoms. The fourth-order valence-corrected chi connectivity index (χ4v) is 1.85. The molecule has 0 saturated carbocycles. The average Bonchev–Trinajstić information content (AvgIpc) is 2.36. The molecule has 0 aliphatic carbocycles.